The topological polar surface area (TPSA) is 210 Å². The van der Waals surface area contributed by atoms with Gasteiger partial charge < -0.3 is 11.5 Å². The number of anilines is 2. The molecule has 6 aromatic carbocycles. The Hall–Kier alpha value is -5.80. The molecule has 0 radical (unpaired) electrons. The van der Waals surface area contributed by atoms with E-state index in [0.717, 1.165) is 33.7 Å². The van der Waals surface area contributed by atoms with Crippen LogP contribution >= 0.6 is 0 Å². The minimum absolute atomic E-state index is 0.0228. The van der Waals surface area contributed by atoms with Crippen molar-refractivity contribution in [2.45, 2.75) is 9.79 Å². The third kappa shape index (κ3) is 6.82. The molecule has 14 heteroatoms. The van der Waals surface area contributed by atoms with Gasteiger partial charge >= 0.3 is 0 Å². The molecule has 0 fully saturated rings. The molecule has 0 amide bonds. The van der Waals surface area contributed by atoms with Crippen LogP contribution in [-0.2, 0) is 20.2 Å². The van der Waals surface area contributed by atoms with Crippen LogP contribution in [0.4, 0.5) is 34.1 Å². The highest BCUT2D eigenvalue weighted by molar-refractivity contribution is 7.86. The third-order valence-electron chi connectivity index (χ3n) is 7.41. The fourth-order valence-corrected chi connectivity index (χ4v) is 6.49. The lowest BCUT2D eigenvalue weighted by atomic mass is 10.1. The zero-order chi connectivity index (χ0) is 34.1. The number of benzene rings is 6. The Morgan fingerprint density at radius 3 is 1.23 bits per heavy atom. The van der Waals surface area contributed by atoms with Gasteiger partial charge in [-0.05, 0) is 59.7 Å². The van der Waals surface area contributed by atoms with E-state index in [9.17, 15) is 25.9 Å². The third-order valence-corrected chi connectivity index (χ3v) is 9.23. The fourth-order valence-electron chi connectivity index (χ4n) is 5.08. The SMILES string of the molecule is Nc1ccc(N=Nc2ccc(/C=C\c3ccc(N=Nc4ccc(N)c5ccccc45)cc3S(=O)(=O)O)c(S(=O)(=O)O)c2)c2ccccc12. The predicted octanol–water partition coefficient (Wildman–Crippen LogP) is 8.65. The minimum Gasteiger partial charge on any atom is -0.398 e. The molecule has 0 unspecified atom stereocenters. The van der Waals surface area contributed by atoms with Gasteiger partial charge in [0.15, 0.2) is 0 Å². The van der Waals surface area contributed by atoms with Gasteiger partial charge in [-0.25, -0.2) is 0 Å². The van der Waals surface area contributed by atoms with Crippen LogP contribution in [0.3, 0.4) is 0 Å². The van der Waals surface area contributed by atoms with Gasteiger partial charge in [0.1, 0.15) is 9.79 Å². The molecule has 0 aliphatic rings. The molecular weight excluding hydrogens is 653 g/mol. The molecule has 0 aromatic heterocycles. The molecule has 0 saturated carbocycles. The Labute approximate surface area is 275 Å². The highest BCUT2D eigenvalue weighted by Gasteiger charge is 2.18. The van der Waals surface area contributed by atoms with Crippen LogP contribution in [0.25, 0.3) is 33.7 Å². The highest BCUT2D eigenvalue weighted by Crippen LogP contribution is 2.34. The van der Waals surface area contributed by atoms with E-state index in [1.807, 2.05) is 48.5 Å². The second-order valence-electron chi connectivity index (χ2n) is 10.6. The molecule has 0 heterocycles. The second-order valence-corrected chi connectivity index (χ2v) is 13.3. The molecule has 0 aliphatic carbocycles. The molecule has 12 nitrogen and oxygen atoms in total. The van der Waals surface area contributed by atoms with E-state index in [1.54, 1.807) is 24.3 Å². The number of rotatable bonds is 8. The number of nitrogen functional groups attached to an aromatic ring is 2. The first-order valence-electron chi connectivity index (χ1n) is 14.2. The van der Waals surface area contributed by atoms with Crippen LogP contribution in [0.1, 0.15) is 11.1 Å². The van der Waals surface area contributed by atoms with Crippen molar-refractivity contribution in [2.75, 3.05) is 11.5 Å². The van der Waals surface area contributed by atoms with E-state index in [4.69, 9.17) is 11.5 Å². The summed E-state index contributed by atoms with van der Waals surface area (Å²) in [5.41, 5.74) is 14.5. The van der Waals surface area contributed by atoms with Gasteiger partial charge in [0.05, 0.1) is 22.7 Å². The number of fused-ring (bicyclic) bond motifs is 2. The quantitative estimate of drug-likeness (QED) is 0.0528. The summed E-state index contributed by atoms with van der Waals surface area (Å²) in [7, 11) is -9.51. The van der Waals surface area contributed by atoms with E-state index in [0.29, 0.717) is 22.7 Å². The lowest BCUT2D eigenvalue weighted by molar-refractivity contribution is 0.480. The van der Waals surface area contributed by atoms with Crippen molar-refractivity contribution in [3.8, 4) is 0 Å². The number of hydrogen-bond acceptors (Lipinski definition) is 10. The summed E-state index contributed by atoms with van der Waals surface area (Å²) in [5, 5.41) is 19.9. The van der Waals surface area contributed by atoms with Gasteiger partial charge in [0, 0.05) is 32.9 Å². The molecule has 6 N–H and O–H groups in total. The number of azo groups is 2. The molecule has 240 valence electrons. The summed E-state index contributed by atoms with van der Waals surface area (Å²) in [6.45, 7) is 0. The van der Waals surface area contributed by atoms with Crippen LogP contribution < -0.4 is 11.5 Å². The maximum absolute atomic E-state index is 12.3. The predicted molar refractivity (Wildman–Crippen MR) is 187 cm³/mol. The second kappa shape index (κ2) is 12.8. The summed E-state index contributed by atoms with van der Waals surface area (Å²) >= 11 is 0. The summed E-state index contributed by atoms with van der Waals surface area (Å²) in [4.78, 5) is -0.987. The van der Waals surface area contributed by atoms with Crippen molar-refractivity contribution in [1.29, 1.82) is 0 Å². The standard InChI is InChI=1S/C34H26N6O6S2/c35-29-15-17-31(27-7-3-1-5-25(27)29)39-37-23-13-11-21(33(19-23)47(41,42)43)9-10-22-12-14-24(20-34(22)48(44,45)46)38-40-32-18-16-30(36)26-6-2-4-8-28(26)32/h1-20H,35-36H2,(H,41,42,43)(H,44,45,46)/b10-9-,39-37?,40-38?. The maximum Gasteiger partial charge on any atom is 0.295 e. The maximum atomic E-state index is 12.3. The zero-order valence-electron chi connectivity index (χ0n) is 24.8. The Bertz CT molecular complexity index is 2370. The Kier molecular flexibility index (Phi) is 8.56. The van der Waals surface area contributed by atoms with Crippen molar-refractivity contribution < 1.29 is 25.9 Å². The van der Waals surface area contributed by atoms with Gasteiger partial charge in [-0.15, -0.1) is 10.2 Å². The van der Waals surface area contributed by atoms with E-state index in [2.05, 4.69) is 20.5 Å². The molecule has 0 saturated heterocycles. The Balaban J connectivity index is 1.32. The summed E-state index contributed by atoms with van der Waals surface area (Å²) in [6, 6.07) is 29.4. The number of hydrogen-bond donors (Lipinski definition) is 4. The Morgan fingerprint density at radius 1 is 0.479 bits per heavy atom. The lowest BCUT2D eigenvalue weighted by Crippen LogP contribution is -2.01. The van der Waals surface area contributed by atoms with E-state index in [-0.39, 0.29) is 22.5 Å². The molecular formula is C34H26N6O6S2. The van der Waals surface area contributed by atoms with E-state index < -0.39 is 30.0 Å². The largest absolute Gasteiger partial charge is 0.398 e. The molecule has 6 aromatic rings. The van der Waals surface area contributed by atoms with Gasteiger partial charge in [-0.2, -0.15) is 27.1 Å². The first-order chi connectivity index (χ1) is 22.9. The van der Waals surface area contributed by atoms with Crippen molar-refractivity contribution in [3.63, 3.8) is 0 Å². The van der Waals surface area contributed by atoms with Crippen LogP contribution in [0.5, 0.6) is 0 Å². The average Bonchev–Trinajstić information content (AvgIpc) is 3.06. The van der Waals surface area contributed by atoms with Crippen molar-refractivity contribution >= 4 is 88.1 Å². The molecule has 6 rings (SSSR count). The number of nitrogens with two attached hydrogens (primary N) is 2. The minimum atomic E-state index is -4.75. The zero-order valence-corrected chi connectivity index (χ0v) is 26.5. The summed E-state index contributed by atoms with van der Waals surface area (Å²) in [6.07, 6.45) is 2.56. The first kappa shape index (κ1) is 32.2. The van der Waals surface area contributed by atoms with E-state index in [1.165, 1.54) is 36.4 Å². The van der Waals surface area contributed by atoms with E-state index >= 15 is 0 Å². The average molecular weight is 679 g/mol. The normalized spacial score (nSPS) is 12.6. The first-order valence-corrected chi connectivity index (χ1v) is 17.1. The van der Waals surface area contributed by atoms with Gasteiger partial charge in [0.2, 0.25) is 0 Å². The summed E-state index contributed by atoms with van der Waals surface area (Å²) < 4.78 is 69.3. The molecule has 0 atom stereocenters. The Morgan fingerprint density at radius 2 is 0.854 bits per heavy atom. The van der Waals surface area contributed by atoms with Crippen molar-refractivity contribution in [1.82, 2.24) is 0 Å². The monoisotopic (exact) mass is 678 g/mol. The fraction of sp³-hybridized carbons (Fsp3) is 0. The van der Waals surface area contributed by atoms with Crippen LogP contribution in [-0.4, -0.2) is 25.9 Å². The van der Waals surface area contributed by atoms with Crippen LogP contribution in [0, 0.1) is 0 Å². The lowest BCUT2D eigenvalue weighted by Gasteiger charge is -2.07. The molecule has 0 bridgehead atoms. The van der Waals surface area contributed by atoms with Crippen molar-refractivity contribution in [3.05, 3.63) is 120 Å². The highest BCUT2D eigenvalue weighted by atomic mass is 32.2. The van der Waals surface area contributed by atoms with Crippen LogP contribution in [0.15, 0.2) is 139 Å². The molecule has 48 heavy (non-hydrogen) atoms. The molecule has 0 aliphatic heterocycles. The van der Waals surface area contributed by atoms with Gasteiger partial charge in [-0.1, -0.05) is 72.8 Å². The summed E-state index contributed by atoms with van der Waals surface area (Å²) in [5.74, 6) is 0. The van der Waals surface area contributed by atoms with Gasteiger partial charge in [-0.3, -0.25) is 9.11 Å². The molecule has 0 spiro atoms. The number of nitrogens with zero attached hydrogens (tertiary/aromatic N) is 4. The van der Waals surface area contributed by atoms with Gasteiger partial charge in [0.25, 0.3) is 20.2 Å². The van der Waals surface area contributed by atoms with Crippen molar-refractivity contribution in [2.24, 2.45) is 20.5 Å². The van der Waals surface area contributed by atoms with Crippen LogP contribution in [0.2, 0.25) is 0 Å². The smallest absolute Gasteiger partial charge is 0.295 e.